The van der Waals surface area contributed by atoms with Crippen LogP contribution < -0.4 is 15.7 Å². The van der Waals surface area contributed by atoms with Gasteiger partial charge in [0.15, 0.2) is 0 Å². The molecule has 1 amide bonds. The molecule has 9 heteroatoms. The van der Waals surface area contributed by atoms with E-state index < -0.39 is 35.2 Å². The molecule has 7 nitrogen and oxygen atoms in total. The maximum Gasteiger partial charge on any atom is 0.336 e. The van der Waals surface area contributed by atoms with Crippen LogP contribution in [0.15, 0.2) is 51.7 Å². The molecule has 30 heavy (non-hydrogen) atoms. The lowest BCUT2D eigenvalue weighted by Gasteiger charge is -2.17. The highest BCUT2D eigenvalue weighted by Crippen LogP contribution is 2.23. The van der Waals surface area contributed by atoms with E-state index in [9.17, 15) is 23.2 Å². The molecular formula is C21H17F2NO6. The van der Waals surface area contributed by atoms with Gasteiger partial charge in [-0.2, -0.15) is 0 Å². The Morgan fingerprint density at radius 2 is 1.77 bits per heavy atom. The average molecular weight is 417 g/mol. The number of esters is 1. The van der Waals surface area contributed by atoms with Crippen LogP contribution in [0.3, 0.4) is 0 Å². The molecule has 1 atom stereocenters. The molecule has 156 valence electrons. The highest BCUT2D eigenvalue weighted by atomic mass is 19.1. The highest BCUT2D eigenvalue weighted by Gasteiger charge is 2.24. The molecule has 0 spiro atoms. The van der Waals surface area contributed by atoms with Crippen LogP contribution >= 0.6 is 0 Å². The Bertz CT molecular complexity index is 1150. The fraction of sp³-hybridized carbons (Fsp3) is 0.190. The van der Waals surface area contributed by atoms with Crippen LogP contribution in [0, 0.1) is 11.6 Å². The van der Waals surface area contributed by atoms with E-state index >= 15 is 0 Å². The summed E-state index contributed by atoms with van der Waals surface area (Å²) < 4.78 is 41.8. The zero-order valence-corrected chi connectivity index (χ0v) is 16.0. The van der Waals surface area contributed by atoms with Gasteiger partial charge < -0.3 is 19.2 Å². The van der Waals surface area contributed by atoms with Crippen LogP contribution in [0.1, 0.15) is 15.9 Å². The van der Waals surface area contributed by atoms with Crippen molar-refractivity contribution in [2.45, 2.75) is 12.5 Å². The minimum absolute atomic E-state index is 0.120. The SMILES string of the molecule is COC(=O)[C@@H](Cc1cc(=O)oc2cc(OC)ccc12)NC(=O)c1cc(F)cc(F)c1. The molecule has 3 rings (SSSR count). The summed E-state index contributed by atoms with van der Waals surface area (Å²) in [4.78, 5) is 36.6. The van der Waals surface area contributed by atoms with Crippen molar-refractivity contribution in [3.63, 3.8) is 0 Å². The quantitative estimate of drug-likeness (QED) is 0.489. The smallest absolute Gasteiger partial charge is 0.336 e. The Morgan fingerprint density at radius 3 is 2.40 bits per heavy atom. The zero-order valence-electron chi connectivity index (χ0n) is 16.0. The summed E-state index contributed by atoms with van der Waals surface area (Å²) in [6.45, 7) is 0. The van der Waals surface area contributed by atoms with Gasteiger partial charge >= 0.3 is 11.6 Å². The van der Waals surface area contributed by atoms with Gasteiger partial charge in [0, 0.05) is 35.6 Å². The Morgan fingerprint density at radius 1 is 1.07 bits per heavy atom. The Kier molecular flexibility index (Phi) is 6.10. The number of fused-ring (bicyclic) bond motifs is 1. The number of carbonyl (C=O) groups is 2. The summed E-state index contributed by atoms with van der Waals surface area (Å²) in [5.41, 5.74) is -0.319. The molecule has 0 aliphatic carbocycles. The molecule has 0 aliphatic rings. The summed E-state index contributed by atoms with van der Waals surface area (Å²) in [6.07, 6.45) is -0.120. The standard InChI is InChI=1S/C21H17F2NO6/c1-28-15-3-4-16-11(8-19(25)30-18(16)10-15)7-17(21(27)29-2)24-20(26)12-5-13(22)9-14(23)6-12/h3-6,8-10,17H,7H2,1-2H3,(H,24,26)/t17-/m1/s1. The molecule has 1 N–H and O–H groups in total. The third kappa shape index (κ3) is 4.62. The number of nitrogens with one attached hydrogen (secondary N) is 1. The van der Waals surface area contributed by atoms with E-state index in [-0.39, 0.29) is 17.6 Å². The first kappa shape index (κ1) is 21.0. The second-order valence-corrected chi connectivity index (χ2v) is 6.36. The van der Waals surface area contributed by atoms with Crippen molar-refractivity contribution in [3.8, 4) is 5.75 Å². The third-order valence-electron chi connectivity index (χ3n) is 4.38. The molecule has 0 bridgehead atoms. The number of carbonyl (C=O) groups excluding carboxylic acids is 2. The molecule has 2 aromatic carbocycles. The first-order chi connectivity index (χ1) is 14.3. The van der Waals surface area contributed by atoms with Gasteiger partial charge in [-0.15, -0.1) is 0 Å². The number of hydrogen-bond acceptors (Lipinski definition) is 6. The second kappa shape index (κ2) is 8.73. The van der Waals surface area contributed by atoms with E-state index in [1.807, 2.05) is 0 Å². The van der Waals surface area contributed by atoms with Gasteiger partial charge in [0.05, 0.1) is 14.2 Å². The summed E-state index contributed by atoms with van der Waals surface area (Å²) in [5, 5.41) is 2.91. The topological polar surface area (TPSA) is 94.8 Å². The monoisotopic (exact) mass is 417 g/mol. The number of amides is 1. The van der Waals surface area contributed by atoms with Gasteiger partial charge in [-0.25, -0.2) is 18.4 Å². The van der Waals surface area contributed by atoms with E-state index in [1.165, 1.54) is 19.2 Å². The van der Waals surface area contributed by atoms with E-state index in [1.54, 1.807) is 12.1 Å². The van der Waals surface area contributed by atoms with Crippen LogP contribution in [-0.4, -0.2) is 32.1 Å². The minimum atomic E-state index is -1.22. The zero-order chi connectivity index (χ0) is 21.8. The van der Waals surface area contributed by atoms with E-state index in [4.69, 9.17) is 13.9 Å². The lowest BCUT2D eigenvalue weighted by Crippen LogP contribution is -2.43. The van der Waals surface area contributed by atoms with Gasteiger partial charge in [-0.3, -0.25) is 4.79 Å². The molecule has 0 unspecified atom stereocenters. The van der Waals surface area contributed by atoms with E-state index in [0.717, 1.165) is 19.2 Å². The maximum absolute atomic E-state index is 13.4. The van der Waals surface area contributed by atoms with Gasteiger partial charge in [0.1, 0.15) is 29.0 Å². The number of ether oxygens (including phenoxy) is 2. The van der Waals surface area contributed by atoms with Crippen LogP contribution in [0.25, 0.3) is 11.0 Å². The van der Waals surface area contributed by atoms with Crippen LogP contribution in [0.2, 0.25) is 0 Å². The minimum Gasteiger partial charge on any atom is -0.497 e. The molecule has 0 fully saturated rings. The summed E-state index contributed by atoms with van der Waals surface area (Å²) >= 11 is 0. The van der Waals surface area contributed by atoms with Crippen molar-refractivity contribution >= 4 is 22.8 Å². The number of halogens is 2. The lowest BCUT2D eigenvalue weighted by molar-refractivity contribution is -0.142. The lowest BCUT2D eigenvalue weighted by atomic mass is 10.0. The summed E-state index contributed by atoms with van der Waals surface area (Å²) in [5.74, 6) is -3.08. The van der Waals surface area contributed by atoms with Crippen molar-refractivity contribution in [1.29, 1.82) is 0 Å². The van der Waals surface area contributed by atoms with Crippen LogP contribution in [-0.2, 0) is 16.0 Å². The van der Waals surface area contributed by atoms with Crippen molar-refractivity contribution in [2.75, 3.05) is 14.2 Å². The van der Waals surface area contributed by atoms with Crippen molar-refractivity contribution in [2.24, 2.45) is 0 Å². The van der Waals surface area contributed by atoms with Gasteiger partial charge in [-0.05, 0) is 29.8 Å². The molecule has 0 aliphatic heterocycles. The molecule has 0 saturated heterocycles. The first-order valence-corrected chi connectivity index (χ1v) is 8.76. The largest absolute Gasteiger partial charge is 0.497 e. The first-order valence-electron chi connectivity index (χ1n) is 8.76. The predicted octanol–water partition coefficient (Wildman–Crippen LogP) is 2.59. The Balaban J connectivity index is 1.95. The fourth-order valence-corrected chi connectivity index (χ4v) is 2.99. The number of benzene rings is 2. The highest BCUT2D eigenvalue weighted by molar-refractivity contribution is 5.97. The second-order valence-electron chi connectivity index (χ2n) is 6.36. The molecule has 3 aromatic rings. The van der Waals surface area contributed by atoms with Gasteiger partial charge in [-0.1, -0.05) is 0 Å². The third-order valence-corrected chi connectivity index (χ3v) is 4.38. The number of rotatable bonds is 6. The molecule has 1 heterocycles. The number of hydrogen-bond donors (Lipinski definition) is 1. The fourth-order valence-electron chi connectivity index (χ4n) is 2.99. The molecule has 1 aromatic heterocycles. The molecular weight excluding hydrogens is 400 g/mol. The van der Waals surface area contributed by atoms with Crippen molar-refractivity contribution in [1.82, 2.24) is 5.32 Å². The number of methoxy groups -OCH3 is 2. The predicted molar refractivity (Wildman–Crippen MR) is 102 cm³/mol. The molecule has 0 saturated carbocycles. The summed E-state index contributed by atoms with van der Waals surface area (Å²) in [6, 6.07) is 7.08. The Hall–Kier alpha value is -3.75. The normalized spacial score (nSPS) is 11.7. The van der Waals surface area contributed by atoms with Crippen LogP contribution in [0.4, 0.5) is 8.78 Å². The Labute approximate surface area is 169 Å². The van der Waals surface area contributed by atoms with E-state index in [2.05, 4.69) is 5.32 Å². The van der Waals surface area contributed by atoms with E-state index in [0.29, 0.717) is 22.8 Å². The van der Waals surface area contributed by atoms with Crippen LogP contribution in [0.5, 0.6) is 5.75 Å². The average Bonchev–Trinajstić information content (AvgIpc) is 2.71. The van der Waals surface area contributed by atoms with Crippen molar-refractivity contribution in [3.05, 3.63) is 75.6 Å². The van der Waals surface area contributed by atoms with Gasteiger partial charge in [0.25, 0.3) is 5.91 Å². The van der Waals surface area contributed by atoms with Gasteiger partial charge in [0.2, 0.25) is 0 Å². The molecule has 0 radical (unpaired) electrons. The van der Waals surface area contributed by atoms with Crippen molar-refractivity contribution < 1.29 is 32.3 Å². The maximum atomic E-state index is 13.4. The summed E-state index contributed by atoms with van der Waals surface area (Å²) in [7, 11) is 2.59.